The third-order valence-electron chi connectivity index (χ3n) is 4.60. The van der Waals surface area contributed by atoms with Crippen LogP contribution >= 0.6 is 11.8 Å². The van der Waals surface area contributed by atoms with E-state index in [1.165, 1.54) is 12.1 Å². The first-order valence-electron chi connectivity index (χ1n) is 8.80. The molecule has 2 nitrogen and oxygen atoms in total. The summed E-state index contributed by atoms with van der Waals surface area (Å²) in [4.78, 5) is 4.44. The Balaban J connectivity index is 2.05. The first-order valence-corrected chi connectivity index (χ1v) is 9.79. The van der Waals surface area contributed by atoms with Crippen LogP contribution in [0.15, 0.2) is 29.3 Å². The Labute approximate surface area is 159 Å². The van der Waals surface area contributed by atoms with Crippen molar-refractivity contribution >= 4 is 11.8 Å². The normalized spacial score (nSPS) is 14.8. The van der Waals surface area contributed by atoms with Gasteiger partial charge < -0.3 is 0 Å². The zero-order valence-corrected chi connectivity index (χ0v) is 15.4. The second kappa shape index (κ2) is 8.30. The third-order valence-corrected chi connectivity index (χ3v) is 5.65. The lowest BCUT2D eigenvalue weighted by Crippen LogP contribution is -2.18. The molecule has 1 aliphatic rings. The molecule has 0 bridgehead atoms. The molecule has 7 heteroatoms. The molecular weight excluding hydrogens is 376 g/mol. The van der Waals surface area contributed by atoms with Crippen molar-refractivity contribution in [2.24, 2.45) is 0 Å². The van der Waals surface area contributed by atoms with Crippen molar-refractivity contribution in [1.82, 2.24) is 4.98 Å². The largest absolute Gasteiger partial charge is 0.418 e. The van der Waals surface area contributed by atoms with Crippen LogP contribution in [0.3, 0.4) is 0 Å². The summed E-state index contributed by atoms with van der Waals surface area (Å²) in [6.07, 6.45) is -0.525. The Morgan fingerprint density at radius 3 is 2.52 bits per heavy atom. The molecule has 0 N–H and O–H groups in total. The summed E-state index contributed by atoms with van der Waals surface area (Å²) in [6.45, 7) is 0. The Morgan fingerprint density at radius 2 is 1.85 bits per heavy atom. The zero-order chi connectivity index (χ0) is 19.4. The van der Waals surface area contributed by atoms with Crippen molar-refractivity contribution in [3.8, 4) is 6.07 Å². The van der Waals surface area contributed by atoms with Crippen LogP contribution in [0, 0.1) is 17.1 Å². The molecule has 142 valence electrons. The molecule has 27 heavy (non-hydrogen) atoms. The molecule has 1 heterocycles. The summed E-state index contributed by atoms with van der Waals surface area (Å²) in [5.74, 6) is -0.161. The Morgan fingerprint density at radius 1 is 1.11 bits per heavy atom. The minimum Gasteiger partial charge on any atom is -0.245 e. The van der Waals surface area contributed by atoms with E-state index in [4.69, 9.17) is 0 Å². The van der Waals surface area contributed by atoms with Crippen molar-refractivity contribution in [3.05, 3.63) is 58.0 Å². The molecule has 3 rings (SSSR count). The minimum atomic E-state index is -4.61. The van der Waals surface area contributed by atoms with E-state index >= 15 is 0 Å². The van der Waals surface area contributed by atoms with Crippen LogP contribution in [-0.4, -0.2) is 4.98 Å². The molecule has 0 amide bonds. The lowest BCUT2D eigenvalue weighted by atomic mass is 9.91. The molecule has 0 atom stereocenters. The predicted octanol–water partition coefficient (Wildman–Crippen LogP) is 6.06. The van der Waals surface area contributed by atoms with Gasteiger partial charge in [-0.05, 0) is 48.9 Å². The van der Waals surface area contributed by atoms with E-state index in [0.717, 1.165) is 31.0 Å². The Hall–Kier alpha value is -2.07. The first-order chi connectivity index (χ1) is 12.9. The minimum absolute atomic E-state index is 0.0772. The van der Waals surface area contributed by atoms with Gasteiger partial charge in [0.25, 0.3) is 0 Å². The molecule has 0 saturated carbocycles. The topological polar surface area (TPSA) is 36.7 Å². The number of hydrogen-bond donors (Lipinski definition) is 0. The van der Waals surface area contributed by atoms with Crippen LogP contribution in [0.25, 0.3) is 0 Å². The average molecular weight is 394 g/mol. The molecule has 1 aliphatic carbocycles. The highest BCUT2D eigenvalue weighted by atomic mass is 32.2. The van der Waals surface area contributed by atoms with Crippen LogP contribution < -0.4 is 0 Å². The van der Waals surface area contributed by atoms with E-state index in [1.807, 2.05) is 0 Å². The summed E-state index contributed by atoms with van der Waals surface area (Å²) in [7, 11) is 0. The van der Waals surface area contributed by atoms with E-state index in [0.29, 0.717) is 30.5 Å². The number of fused-ring (bicyclic) bond motifs is 1. The van der Waals surface area contributed by atoms with Crippen LogP contribution in [-0.2, 0) is 24.8 Å². The number of nitrogens with zero attached hydrogens (tertiary/aromatic N) is 2. The van der Waals surface area contributed by atoms with Crippen LogP contribution in [0.2, 0.25) is 0 Å². The summed E-state index contributed by atoms with van der Waals surface area (Å²) in [5.41, 5.74) is 0.00415. The number of halogens is 4. The molecule has 0 spiro atoms. The van der Waals surface area contributed by atoms with Crippen molar-refractivity contribution in [3.63, 3.8) is 0 Å². The number of thioether (sulfide) groups is 1. The van der Waals surface area contributed by atoms with E-state index < -0.39 is 23.1 Å². The van der Waals surface area contributed by atoms with Gasteiger partial charge in [-0.15, -0.1) is 11.8 Å². The van der Waals surface area contributed by atoms with Crippen molar-refractivity contribution in [2.75, 3.05) is 0 Å². The number of aromatic nitrogens is 1. The smallest absolute Gasteiger partial charge is 0.245 e. The van der Waals surface area contributed by atoms with Gasteiger partial charge in [-0.3, -0.25) is 0 Å². The molecule has 0 fully saturated rings. The summed E-state index contributed by atoms with van der Waals surface area (Å²) < 4.78 is 54.8. The lowest BCUT2D eigenvalue weighted by molar-refractivity contribution is -0.138. The number of rotatable bonds is 3. The van der Waals surface area contributed by atoms with Crippen LogP contribution in [0.4, 0.5) is 17.6 Å². The fourth-order valence-corrected chi connectivity index (χ4v) is 4.32. The highest BCUT2D eigenvalue weighted by Gasteiger charge is 2.39. The van der Waals surface area contributed by atoms with E-state index in [-0.39, 0.29) is 16.3 Å². The van der Waals surface area contributed by atoms with Crippen molar-refractivity contribution in [2.45, 2.75) is 55.5 Å². The van der Waals surface area contributed by atoms with Crippen molar-refractivity contribution < 1.29 is 17.6 Å². The Bertz CT molecular complexity index is 872. The predicted molar refractivity (Wildman–Crippen MR) is 95.8 cm³/mol. The summed E-state index contributed by atoms with van der Waals surface area (Å²) in [5, 5.41) is 9.55. The van der Waals surface area contributed by atoms with Gasteiger partial charge in [0.2, 0.25) is 0 Å². The molecule has 0 radical (unpaired) electrons. The van der Waals surface area contributed by atoms with Gasteiger partial charge in [0.05, 0.1) is 11.1 Å². The highest BCUT2D eigenvalue weighted by molar-refractivity contribution is 7.98. The number of alkyl halides is 3. The number of pyridine rings is 1. The molecule has 1 aromatic carbocycles. The zero-order valence-electron chi connectivity index (χ0n) is 14.6. The molecule has 1 aromatic heterocycles. The van der Waals surface area contributed by atoms with Gasteiger partial charge in [-0.1, -0.05) is 25.0 Å². The summed E-state index contributed by atoms with van der Waals surface area (Å²) in [6, 6.07) is 7.61. The van der Waals surface area contributed by atoms with Gasteiger partial charge in [0, 0.05) is 11.4 Å². The van der Waals surface area contributed by atoms with Gasteiger partial charge in [0.15, 0.2) is 0 Å². The molecular formula is C20H18F4N2S. The fraction of sp³-hybridized carbons (Fsp3) is 0.400. The van der Waals surface area contributed by atoms with Gasteiger partial charge in [-0.25, -0.2) is 9.37 Å². The second-order valence-corrected chi connectivity index (χ2v) is 7.50. The van der Waals surface area contributed by atoms with Gasteiger partial charge >= 0.3 is 6.18 Å². The van der Waals surface area contributed by atoms with Crippen LogP contribution in [0.1, 0.15) is 53.6 Å². The summed E-state index contributed by atoms with van der Waals surface area (Å²) >= 11 is 1.05. The first kappa shape index (κ1) is 19.7. The Kier molecular flexibility index (Phi) is 6.05. The standard InChI is InChI=1S/C20H18F4N2S/c21-14-7-5-6-13(10-14)12-27-19-16(11-25)18(20(22,23)24)15-8-3-1-2-4-9-17(15)26-19/h5-7,10H,1-4,8-9,12H2. The highest BCUT2D eigenvalue weighted by Crippen LogP contribution is 2.41. The third kappa shape index (κ3) is 4.62. The number of benzene rings is 1. The monoisotopic (exact) mass is 394 g/mol. The number of nitriles is 1. The van der Waals surface area contributed by atoms with E-state index in [2.05, 4.69) is 4.98 Å². The van der Waals surface area contributed by atoms with Crippen LogP contribution in [0.5, 0.6) is 0 Å². The fourth-order valence-electron chi connectivity index (χ4n) is 3.37. The molecule has 0 saturated heterocycles. The maximum atomic E-state index is 13.8. The maximum absolute atomic E-state index is 13.8. The van der Waals surface area contributed by atoms with Crippen molar-refractivity contribution in [1.29, 1.82) is 5.26 Å². The van der Waals surface area contributed by atoms with E-state index in [9.17, 15) is 22.8 Å². The van der Waals surface area contributed by atoms with E-state index in [1.54, 1.807) is 18.2 Å². The van der Waals surface area contributed by atoms with Gasteiger partial charge in [-0.2, -0.15) is 18.4 Å². The number of aryl methyl sites for hydroxylation is 1. The average Bonchev–Trinajstić information content (AvgIpc) is 2.59. The number of hydrogen-bond acceptors (Lipinski definition) is 3. The molecule has 0 aliphatic heterocycles. The molecule has 2 aromatic rings. The van der Waals surface area contributed by atoms with Gasteiger partial charge in [0.1, 0.15) is 16.9 Å². The second-order valence-electron chi connectivity index (χ2n) is 6.53. The lowest BCUT2D eigenvalue weighted by Gasteiger charge is -2.21. The molecule has 0 unspecified atom stereocenters. The SMILES string of the molecule is N#Cc1c(SCc2cccc(F)c2)nc2c(c1C(F)(F)F)CCCCCC2. The maximum Gasteiger partial charge on any atom is 0.418 e. The quantitative estimate of drug-likeness (QED) is 0.469.